The van der Waals surface area contributed by atoms with Crippen LogP contribution in [0.5, 0.6) is 0 Å². The van der Waals surface area contributed by atoms with Crippen molar-refractivity contribution >= 4 is 11.4 Å². The van der Waals surface area contributed by atoms with Gasteiger partial charge in [-0.2, -0.15) is 5.26 Å². The summed E-state index contributed by atoms with van der Waals surface area (Å²) in [4.78, 5) is 12.4. The van der Waals surface area contributed by atoms with Crippen molar-refractivity contribution in [2.24, 2.45) is 0 Å². The maximum Gasteiger partial charge on any atom is 0.269 e. The second kappa shape index (κ2) is 5.40. The van der Waals surface area contributed by atoms with Gasteiger partial charge in [-0.25, -0.2) is 0 Å². The Balaban J connectivity index is 1.87. The summed E-state index contributed by atoms with van der Waals surface area (Å²) in [6.45, 7) is 0. The van der Waals surface area contributed by atoms with Gasteiger partial charge in [0.2, 0.25) is 0 Å². The number of nitriles is 1. The molecule has 2 unspecified atom stereocenters. The molecule has 1 fully saturated rings. The van der Waals surface area contributed by atoms with Crippen molar-refractivity contribution in [2.75, 3.05) is 19.0 Å². The molecule has 23 heavy (non-hydrogen) atoms. The van der Waals surface area contributed by atoms with Crippen LogP contribution in [0.2, 0.25) is 0 Å². The Morgan fingerprint density at radius 2 is 1.78 bits per heavy atom. The van der Waals surface area contributed by atoms with Crippen LogP contribution in [0.1, 0.15) is 23.5 Å². The van der Waals surface area contributed by atoms with Crippen LogP contribution >= 0.6 is 0 Å². The summed E-state index contributed by atoms with van der Waals surface area (Å²) in [5.74, 6) is 0.144. The molecule has 1 aliphatic carbocycles. The molecule has 1 saturated carbocycles. The Morgan fingerprint density at radius 3 is 2.26 bits per heavy atom. The van der Waals surface area contributed by atoms with Crippen LogP contribution in [0.25, 0.3) is 0 Å². The number of hydrogen-bond acceptors (Lipinski definition) is 4. The lowest BCUT2D eigenvalue weighted by atomic mass is 9.92. The molecule has 0 aliphatic heterocycles. The molecule has 2 aromatic rings. The Morgan fingerprint density at radius 1 is 1.17 bits per heavy atom. The molecule has 0 spiro atoms. The van der Waals surface area contributed by atoms with Crippen molar-refractivity contribution in [1.82, 2.24) is 0 Å². The zero-order valence-electron chi connectivity index (χ0n) is 13.1. The molecule has 5 heteroatoms. The maximum atomic E-state index is 10.8. The standard InChI is InChI=1S/C18H17N3O2/c1-20(2)15-7-3-13(4-8-15)17-11-18(17,12-19)14-5-9-16(10-6-14)21(22)23/h3-10,17H,11H2,1-2H3. The zero-order valence-corrected chi connectivity index (χ0v) is 13.1. The number of rotatable bonds is 4. The fourth-order valence-corrected chi connectivity index (χ4v) is 3.06. The first kappa shape index (κ1) is 15.0. The molecular weight excluding hydrogens is 290 g/mol. The molecule has 0 heterocycles. The Bertz CT molecular complexity index is 775. The third-order valence-electron chi connectivity index (χ3n) is 4.57. The summed E-state index contributed by atoms with van der Waals surface area (Å²) in [5, 5.41) is 20.4. The van der Waals surface area contributed by atoms with Gasteiger partial charge in [0, 0.05) is 37.8 Å². The van der Waals surface area contributed by atoms with Crippen LogP contribution in [-0.4, -0.2) is 19.0 Å². The SMILES string of the molecule is CN(C)c1ccc(C2CC2(C#N)c2ccc([N+](=O)[O-])cc2)cc1. The summed E-state index contributed by atoms with van der Waals surface area (Å²) in [5.41, 5.74) is 2.60. The van der Waals surface area contributed by atoms with E-state index in [9.17, 15) is 15.4 Å². The topological polar surface area (TPSA) is 70.2 Å². The number of nitrogens with zero attached hydrogens (tertiary/aromatic N) is 3. The number of nitro benzene ring substituents is 1. The summed E-state index contributed by atoms with van der Waals surface area (Å²) >= 11 is 0. The maximum absolute atomic E-state index is 10.8. The first-order chi connectivity index (χ1) is 11.0. The minimum Gasteiger partial charge on any atom is -0.378 e. The van der Waals surface area contributed by atoms with Gasteiger partial charge in [-0.1, -0.05) is 24.3 Å². The highest BCUT2D eigenvalue weighted by molar-refractivity contribution is 5.54. The predicted molar refractivity (Wildman–Crippen MR) is 88.5 cm³/mol. The molecular formula is C18H17N3O2. The summed E-state index contributed by atoms with van der Waals surface area (Å²) in [7, 11) is 3.98. The highest BCUT2D eigenvalue weighted by Crippen LogP contribution is 2.60. The van der Waals surface area contributed by atoms with Gasteiger partial charge in [0.1, 0.15) is 0 Å². The lowest BCUT2D eigenvalue weighted by Crippen LogP contribution is -2.09. The lowest BCUT2D eigenvalue weighted by molar-refractivity contribution is -0.384. The van der Waals surface area contributed by atoms with Crippen LogP contribution in [0.3, 0.4) is 0 Å². The van der Waals surface area contributed by atoms with Gasteiger partial charge in [-0.3, -0.25) is 10.1 Å². The van der Waals surface area contributed by atoms with E-state index >= 15 is 0 Å². The van der Waals surface area contributed by atoms with Crippen molar-refractivity contribution in [3.05, 3.63) is 69.8 Å². The predicted octanol–water partition coefficient (Wildman–Crippen LogP) is 3.61. The second-order valence-electron chi connectivity index (χ2n) is 6.13. The Hall–Kier alpha value is -2.87. The van der Waals surface area contributed by atoms with Crippen molar-refractivity contribution < 1.29 is 4.92 Å². The minimum atomic E-state index is -0.561. The molecule has 0 aromatic heterocycles. The molecule has 2 aromatic carbocycles. The van der Waals surface area contributed by atoms with E-state index in [1.165, 1.54) is 12.1 Å². The van der Waals surface area contributed by atoms with E-state index < -0.39 is 10.3 Å². The van der Waals surface area contributed by atoms with E-state index in [-0.39, 0.29) is 11.6 Å². The van der Waals surface area contributed by atoms with Crippen molar-refractivity contribution in [1.29, 1.82) is 5.26 Å². The molecule has 1 aliphatic rings. The Labute approximate surface area is 134 Å². The highest BCUT2D eigenvalue weighted by atomic mass is 16.6. The molecule has 2 atom stereocenters. The smallest absolute Gasteiger partial charge is 0.269 e. The number of hydrogen-bond donors (Lipinski definition) is 0. The van der Waals surface area contributed by atoms with Crippen molar-refractivity contribution in [3.63, 3.8) is 0 Å². The van der Waals surface area contributed by atoms with Crippen LogP contribution in [0.15, 0.2) is 48.5 Å². The molecule has 0 bridgehead atoms. The van der Waals surface area contributed by atoms with Crippen LogP contribution < -0.4 is 4.90 Å². The monoisotopic (exact) mass is 307 g/mol. The zero-order chi connectivity index (χ0) is 16.6. The van der Waals surface area contributed by atoms with E-state index in [0.29, 0.717) is 0 Å². The average molecular weight is 307 g/mol. The first-order valence-electron chi connectivity index (χ1n) is 7.41. The average Bonchev–Trinajstić information content (AvgIpc) is 3.31. The van der Waals surface area contributed by atoms with Gasteiger partial charge in [-0.15, -0.1) is 0 Å². The Kier molecular flexibility index (Phi) is 3.53. The third-order valence-corrected chi connectivity index (χ3v) is 4.57. The molecule has 0 radical (unpaired) electrons. The van der Waals surface area contributed by atoms with Crippen LogP contribution in [0.4, 0.5) is 11.4 Å². The van der Waals surface area contributed by atoms with Crippen molar-refractivity contribution in [2.45, 2.75) is 17.8 Å². The number of nitro groups is 1. The van der Waals surface area contributed by atoms with E-state index in [4.69, 9.17) is 0 Å². The first-order valence-corrected chi connectivity index (χ1v) is 7.41. The normalized spacial score (nSPS) is 22.2. The number of benzene rings is 2. The lowest BCUT2D eigenvalue weighted by Gasteiger charge is -2.13. The summed E-state index contributed by atoms with van der Waals surface area (Å²) in [6, 6.07) is 17.0. The quantitative estimate of drug-likeness (QED) is 0.639. The van der Waals surface area contributed by atoms with Crippen molar-refractivity contribution in [3.8, 4) is 6.07 Å². The molecule has 5 nitrogen and oxygen atoms in total. The van der Waals surface area contributed by atoms with E-state index in [0.717, 1.165) is 23.2 Å². The van der Waals surface area contributed by atoms with Crippen LogP contribution in [0, 0.1) is 21.4 Å². The summed E-state index contributed by atoms with van der Waals surface area (Å²) in [6.07, 6.45) is 0.753. The number of non-ortho nitro benzene ring substituents is 1. The molecule has 3 rings (SSSR count). The van der Waals surface area contributed by atoms with E-state index in [1.54, 1.807) is 12.1 Å². The fraction of sp³-hybridized carbons (Fsp3) is 0.278. The van der Waals surface area contributed by atoms with Gasteiger partial charge in [0.15, 0.2) is 0 Å². The van der Waals surface area contributed by atoms with Gasteiger partial charge in [0.25, 0.3) is 5.69 Å². The molecule has 0 saturated heterocycles. The van der Waals surface area contributed by atoms with Gasteiger partial charge < -0.3 is 4.90 Å². The minimum absolute atomic E-state index is 0.0503. The van der Waals surface area contributed by atoms with Crippen LogP contribution in [-0.2, 0) is 5.41 Å². The largest absolute Gasteiger partial charge is 0.378 e. The van der Waals surface area contributed by atoms with E-state index in [2.05, 4.69) is 18.2 Å². The van der Waals surface area contributed by atoms with E-state index in [1.807, 2.05) is 31.1 Å². The second-order valence-corrected chi connectivity index (χ2v) is 6.13. The third kappa shape index (κ3) is 2.53. The van der Waals surface area contributed by atoms with Gasteiger partial charge in [0.05, 0.1) is 16.4 Å². The highest BCUT2D eigenvalue weighted by Gasteiger charge is 2.56. The fourth-order valence-electron chi connectivity index (χ4n) is 3.06. The molecule has 116 valence electrons. The number of anilines is 1. The molecule has 0 N–H and O–H groups in total. The van der Waals surface area contributed by atoms with Gasteiger partial charge in [-0.05, 0) is 29.7 Å². The molecule has 0 amide bonds. The van der Waals surface area contributed by atoms with Gasteiger partial charge >= 0.3 is 0 Å². The summed E-state index contributed by atoms with van der Waals surface area (Å²) < 4.78 is 0.